The predicted octanol–water partition coefficient (Wildman–Crippen LogP) is 3.04. The zero-order valence-electron chi connectivity index (χ0n) is 18.6. The van der Waals surface area contributed by atoms with Crippen LogP contribution >= 0.6 is 0 Å². The van der Waals surface area contributed by atoms with Crippen LogP contribution in [0, 0.1) is 5.92 Å². The first-order valence-electron chi connectivity index (χ1n) is 11.2. The summed E-state index contributed by atoms with van der Waals surface area (Å²) in [6.45, 7) is 4.36. The Kier molecular flexibility index (Phi) is 5.45. The Morgan fingerprint density at radius 1 is 1.09 bits per heavy atom. The number of rotatable bonds is 8. The van der Waals surface area contributed by atoms with Crippen molar-refractivity contribution in [3.63, 3.8) is 0 Å². The molecule has 0 radical (unpaired) electrons. The highest BCUT2D eigenvalue weighted by Crippen LogP contribution is 2.37. The number of unbranched alkanes of at least 4 members (excludes halogenated alkanes) is 1. The molecule has 2 atom stereocenters. The van der Waals surface area contributed by atoms with Crippen molar-refractivity contribution in [1.82, 2.24) is 34.7 Å². The summed E-state index contributed by atoms with van der Waals surface area (Å²) in [7, 11) is 0. The van der Waals surface area contributed by atoms with E-state index in [2.05, 4.69) is 32.5 Å². The van der Waals surface area contributed by atoms with Gasteiger partial charge in [-0.3, -0.25) is 18.9 Å². The molecular weight excluding hydrogens is 418 g/mol. The first-order chi connectivity index (χ1) is 16.1. The summed E-state index contributed by atoms with van der Waals surface area (Å²) in [5.41, 5.74) is 4.47. The maximum Gasteiger partial charge on any atom is 0.329 e. The summed E-state index contributed by atoms with van der Waals surface area (Å²) in [5.74, 6) is 0.587. The number of aromatic amines is 1. The molecule has 4 aromatic rings. The van der Waals surface area contributed by atoms with Crippen LogP contribution in [0.5, 0.6) is 0 Å². The molecule has 1 saturated carbocycles. The highest BCUT2D eigenvalue weighted by atomic mass is 16.2. The fraction of sp³-hybridized carbons (Fsp3) is 0.333. The minimum absolute atomic E-state index is 0.103. The maximum absolute atomic E-state index is 13.4. The van der Waals surface area contributed by atoms with Crippen molar-refractivity contribution < 1.29 is 4.79 Å². The van der Waals surface area contributed by atoms with E-state index >= 15 is 0 Å². The summed E-state index contributed by atoms with van der Waals surface area (Å²) >= 11 is 0. The molecule has 1 N–H and O–H groups in total. The summed E-state index contributed by atoms with van der Waals surface area (Å²) < 4.78 is 3.40. The van der Waals surface area contributed by atoms with E-state index in [0.717, 1.165) is 47.2 Å². The SMILES string of the molecule is CCCCc1cn(C2C(=O)C2C)c(=O)n1Cc1cnccc1-c1ccccc1-c1nnn[nH]1. The van der Waals surface area contributed by atoms with Crippen molar-refractivity contribution in [2.45, 2.75) is 45.7 Å². The van der Waals surface area contributed by atoms with Crippen molar-refractivity contribution in [1.29, 1.82) is 0 Å². The quantitative estimate of drug-likeness (QED) is 0.448. The average Bonchev–Trinajstić information content (AvgIpc) is 3.21. The third-order valence-electron chi connectivity index (χ3n) is 6.33. The van der Waals surface area contributed by atoms with Gasteiger partial charge in [-0.25, -0.2) is 9.89 Å². The van der Waals surface area contributed by atoms with Gasteiger partial charge < -0.3 is 0 Å². The average molecular weight is 444 g/mol. The molecule has 168 valence electrons. The van der Waals surface area contributed by atoms with Crippen LogP contribution in [0.2, 0.25) is 0 Å². The maximum atomic E-state index is 13.4. The minimum atomic E-state index is -0.341. The number of nitrogens with zero attached hydrogens (tertiary/aromatic N) is 6. The number of carbonyl (C=O) groups excluding carboxylic acids is 1. The molecule has 3 aromatic heterocycles. The second kappa shape index (κ2) is 8.57. The summed E-state index contributed by atoms with van der Waals surface area (Å²) in [6, 6.07) is 9.46. The van der Waals surface area contributed by atoms with Gasteiger partial charge in [0, 0.05) is 35.8 Å². The Morgan fingerprint density at radius 2 is 1.88 bits per heavy atom. The fourth-order valence-corrected chi connectivity index (χ4v) is 4.38. The van der Waals surface area contributed by atoms with E-state index < -0.39 is 0 Å². The molecular formula is C24H25N7O2. The van der Waals surface area contributed by atoms with E-state index in [0.29, 0.717) is 12.4 Å². The van der Waals surface area contributed by atoms with Crippen LogP contribution in [0.4, 0.5) is 0 Å². The summed E-state index contributed by atoms with van der Waals surface area (Å²) in [6.07, 6.45) is 8.18. The number of aryl methyl sites for hydroxylation is 1. The predicted molar refractivity (Wildman–Crippen MR) is 122 cm³/mol. The number of tetrazole rings is 1. The molecule has 33 heavy (non-hydrogen) atoms. The van der Waals surface area contributed by atoms with Gasteiger partial charge in [0.2, 0.25) is 0 Å². The second-order valence-electron chi connectivity index (χ2n) is 8.46. The number of hydrogen-bond donors (Lipinski definition) is 1. The molecule has 5 rings (SSSR count). The standard InChI is InChI=1S/C24H25N7O2/c1-3-4-7-17-14-31(21-15(2)22(21)32)24(33)30(17)13-16-12-25-11-10-18(16)19-8-5-6-9-20(19)23-26-28-29-27-23/h5-6,8-12,14-15,21H,3-4,7,13H2,1-2H3,(H,26,27,28,29). The van der Waals surface area contributed by atoms with Crippen LogP contribution in [0.25, 0.3) is 22.5 Å². The molecule has 0 spiro atoms. The lowest BCUT2D eigenvalue weighted by atomic mass is 9.96. The van der Waals surface area contributed by atoms with Gasteiger partial charge in [-0.15, -0.1) is 5.10 Å². The number of nitrogens with one attached hydrogen (secondary N) is 1. The van der Waals surface area contributed by atoms with Crippen LogP contribution in [0.15, 0.2) is 53.7 Å². The number of ketones is 1. The first-order valence-corrected chi connectivity index (χ1v) is 11.2. The van der Waals surface area contributed by atoms with Gasteiger partial charge in [-0.2, -0.15) is 0 Å². The molecule has 1 aliphatic rings. The fourth-order valence-electron chi connectivity index (χ4n) is 4.38. The Labute approximate surface area is 190 Å². The lowest BCUT2D eigenvalue weighted by Gasteiger charge is -2.14. The molecule has 0 bridgehead atoms. The van der Waals surface area contributed by atoms with E-state index in [1.54, 1.807) is 21.5 Å². The van der Waals surface area contributed by atoms with Gasteiger partial charge in [0.25, 0.3) is 0 Å². The molecule has 0 aliphatic heterocycles. The van der Waals surface area contributed by atoms with Gasteiger partial charge in [-0.1, -0.05) is 44.5 Å². The Hall–Kier alpha value is -3.88. The van der Waals surface area contributed by atoms with E-state index in [1.807, 2.05) is 43.5 Å². The highest BCUT2D eigenvalue weighted by Gasteiger charge is 2.48. The van der Waals surface area contributed by atoms with Crippen molar-refractivity contribution in [2.75, 3.05) is 0 Å². The molecule has 0 saturated heterocycles. The van der Waals surface area contributed by atoms with Crippen LogP contribution in [0.1, 0.15) is 44.0 Å². The van der Waals surface area contributed by atoms with Crippen LogP contribution < -0.4 is 5.69 Å². The van der Waals surface area contributed by atoms with E-state index in [9.17, 15) is 9.59 Å². The number of hydrogen-bond acceptors (Lipinski definition) is 6. The summed E-state index contributed by atoms with van der Waals surface area (Å²) in [4.78, 5) is 29.7. The topological polar surface area (TPSA) is 111 Å². The molecule has 1 fully saturated rings. The zero-order chi connectivity index (χ0) is 22.9. The van der Waals surface area contributed by atoms with E-state index in [1.165, 1.54) is 0 Å². The van der Waals surface area contributed by atoms with Gasteiger partial charge in [0.05, 0.1) is 6.54 Å². The molecule has 1 aliphatic carbocycles. The van der Waals surface area contributed by atoms with E-state index in [-0.39, 0.29) is 23.4 Å². The van der Waals surface area contributed by atoms with Gasteiger partial charge in [0.15, 0.2) is 11.6 Å². The number of benzene rings is 1. The molecule has 0 amide bonds. The number of pyridine rings is 1. The third-order valence-corrected chi connectivity index (χ3v) is 6.33. The third kappa shape index (κ3) is 3.79. The van der Waals surface area contributed by atoms with Crippen LogP contribution in [-0.4, -0.2) is 40.5 Å². The Balaban J connectivity index is 1.58. The number of H-pyrrole nitrogens is 1. The molecule has 9 nitrogen and oxygen atoms in total. The van der Waals surface area contributed by atoms with Crippen LogP contribution in [0.3, 0.4) is 0 Å². The van der Waals surface area contributed by atoms with Gasteiger partial charge in [-0.05, 0) is 46.0 Å². The zero-order valence-corrected chi connectivity index (χ0v) is 18.6. The largest absolute Gasteiger partial charge is 0.329 e. The lowest BCUT2D eigenvalue weighted by molar-refractivity contribution is -0.111. The first kappa shape index (κ1) is 21.0. The Morgan fingerprint density at radius 3 is 2.58 bits per heavy atom. The molecule has 9 heteroatoms. The van der Waals surface area contributed by atoms with Crippen molar-refractivity contribution in [3.8, 4) is 22.5 Å². The molecule has 2 unspecified atom stereocenters. The van der Waals surface area contributed by atoms with Crippen LogP contribution in [-0.2, 0) is 17.8 Å². The number of Topliss-reactive ketones (excluding diaryl/α,β-unsaturated/α-hetero) is 1. The smallest absolute Gasteiger partial charge is 0.297 e. The lowest BCUT2D eigenvalue weighted by Crippen LogP contribution is -2.26. The van der Waals surface area contributed by atoms with Crippen molar-refractivity contribution in [2.24, 2.45) is 5.92 Å². The molecule has 1 aromatic carbocycles. The van der Waals surface area contributed by atoms with E-state index in [4.69, 9.17) is 0 Å². The molecule has 3 heterocycles. The second-order valence-corrected chi connectivity index (χ2v) is 8.46. The monoisotopic (exact) mass is 443 g/mol. The van der Waals surface area contributed by atoms with Gasteiger partial charge >= 0.3 is 5.69 Å². The normalized spacial score (nSPS) is 17.5. The van der Waals surface area contributed by atoms with Crippen molar-refractivity contribution >= 4 is 5.78 Å². The Bertz CT molecular complexity index is 1350. The number of imidazole rings is 1. The van der Waals surface area contributed by atoms with Crippen molar-refractivity contribution in [3.05, 3.63) is 70.7 Å². The summed E-state index contributed by atoms with van der Waals surface area (Å²) in [5, 5.41) is 14.3. The number of aromatic nitrogens is 7. The number of carbonyl (C=O) groups is 1. The minimum Gasteiger partial charge on any atom is -0.297 e. The highest BCUT2D eigenvalue weighted by molar-refractivity contribution is 6.00. The van der Waals surface area contributed by atoms with Gasteiger partial charge in [0.1, 0.15) is 6.04 Å².